The molecular formula is C11H23NO. The lowest BCUT2D eigenvalue weighted by molar-refractivity contribution is -0.129. The van der Waals surface area contributed by atoms with Crippen LogP contribution in [0.2, 0.25) is 0 Å². The van der Waals surface area contributed by atoms with Gasteiger partial charge in [-0.25, -0.2) is 0 Å². The van der Waals surface area contributed by atoms with Gasteiger partial charge in [0.25, 0.3) is 0 Å². The van der Waals surface area contributed by atoms with Crippen LogP contribution in [-0.4, -0.2) is 29.3 Å². The first-order valence-electron chi connectivity index (χ1n) is 5.29. The first kappa shape index (κ1) is 12.6. The molecule has 0 aromatic heterocycles. The van der Waals surface area contributed by atoms with Gasteiger partial charge in [-0.2, -0.15) is 0 Å². The van der Waals surface area contributed by atoms with Crippen molar-refractivity contribution in [1.29, 1.82) is 0 Å². The summed E-state index contributed by atoms with van der Waals surface area (Å²) in [5.74, 6) is 0.360. The van der Waals surface area contributed by atoms with E-state index in [0.717, 1.165) is 19.5 Å². The lowest BCUT2D eigenvalue weighted by Crippen LogP contribution is -2.49. The summed E-state index contributed by atoms with van der Waals surface area (Å²) < 4.78 is 0. The van der Waals surface area contributed by atoms with E-state index in [2.05, 4.69) is 25.7 Å². The highest BCUT2D eigenvalue weighted by molar-refractivity contribution is 5.87. The Morgan fingerprint density at radius 3 is 1.92 bits per heavy atom. The van der Waals surface area contributed by atoms with E-state index in [1.54, 1.807) is 0 Å². The molecule has 0 saturated carbocycles. The van der Waals surface area contributed by atoms with Crippen molar-refractivity contribution in [3.05, 3.63) is 0 Å². The molecule has 0 aromatic rings. The fourth-order valence-corrected chi connectivity index (χ4v) is 1.72. The molecule has 0 unspecified atom stereocenters. The van der Waals surface area contributed by atoms with Crippen molar-refractivity contribution in [3.63, 3.8) is 0 Å². The highest BCUT2D eigenvalue weighted by atomic mass is 16.1. The molecule has 0 fully saturated rings. The normalized spacial score (nSPS) is 12.2. The van der Waals surface area contributed by atoms with Gasteiger partial charge in [0.1, 0.15) is 0 Å². The molecule has 0 rings (SSSR count). The summed E-state index contributed by atoms with van der Waals surface area (Å²) in [7, 11) is 0. The second kappa shape index (κ2) is 5.38. The van der Waals surface area contributed by atoms with Gasteiger partial charge in [0, 0.05) is 6.42 Å². The molecular weight excluding hydrogens is 162 g/mol. The molecule has 0 spiro atoms. The Morgan fingerprint density at radius 2 is 1.62 bits per heavy atom. The molecule has 0 aliphatic carbocycles. The Labute approximate surface area is 82.3 Å². The minimum atomic E-state index is -0.278. The summed E-state index contributed by atoms with van der Waals surface area (Å²) in [5.41, 5.74) is -0.278. The van der Waals surface area contributed by atoms with Crippen molar-refractivity contribution in [1.82, 2.24) is 4.90 Å². The third-order valence-corrected chi connectivity index (χ3v) is 2.71. The molecule has 0 radical (unpaired) electrons. The zero-order valence-corrected chi connectivity index (χ0v) is 9.68. The first-order valence-corrected chi connectivity index (χ1v) is 5.29. The van der Waals surface area contributed by atoms with E-state index in [1.807, 2.05) is 13.8 Å². The molecule has 78 valence electrons. The number of likely N-dealkylation sites (N-methyl/N-ethyl adjacent to an activating group) is 1. The zero-order chi connectivity index (χ0) is 10.5. The molecule has 0 heterocycles. The number of Topliss-reactive ketones (excluding diaryl/α,β-unsaturated/α-hetero) is 1. The summed E-state index contributed by atoms with van der Waals surface area (Å²) in [6.45, 7) is 12.2. The summed E-state index contributed by atoms with van der Waals surface area (Å²) >= 11 is 0. The van der Waals surface area contributed by atoms with E-state index < -0.39 is 0 Å². The quantitative estimate of drug-likeness (QED) is 0.633. The van der Waals surface area contributed by atoms with E-state index in [1.165, 1.54) is 0 Å². The Kier molecular flexibility index (Phi) is 5.23. The average Bonchev–Trinajstić information content (AvgIpc) is 2.06. The van der Waals surface area contributed by atoms with Crippen LogP contribution in [0, 0.1) is 0 Å². The molecule has 0 bridgehead atoms. The predicted octanol–water partition coefficient (Wildman–Crippen LogP) is 2.48. The van der Waals surface area contributed by atoms with Gasteiger partial charge in [-0.3, -0.25) is 9.69 Å². The van der Waals surface area contributed by atoms with Crippen molar-refractivity contribution in [2.45, 2.75) is 53.0 Å². The number of carbonyl (C=O) groups is 1. The van der Waals surface area contributed by atoms with E-state index >= 15 is 0 Å². The maximum atomic E-state index is 11.8. The highest BCUT2D eigenvalue weighted by Crippen LogP contribution is 2.17. The van der Waals surface area contributed by atoms with Crippen LogP contribution >= 0.6 is 0 Å². The number of ketones is 1. The molecule has 0 N–H and O–H groups in total. The number of carbonyl (C=O) groups excluding carboxylic acids is 1. The zero-order valence-electron chi connectivity index (χ0n) is 9.68. The molecule has 0 amide bonds. The smallest absolute Gasteiger partial charge is 0.152 e. The molecule has 2 heteroatoms. The van der Waals surface area contributed by atoms with Crippen LogP contribution in [0.15, 0.2) is 0 Å². The molecule has 2 nitrogen and oxygen atoms in total. The topological polar surface area (TPSA) is 20.3 Å². The summed E-state index contributed by atoms with van der Waals surface area (Å²) in [4.78, 5) is 14.0. The van der Waals surface area contributed by atoms with Crippen molar-refractivity contribution in [2.24, 2.45) is 0 Å². The number of hydrogen-bond acceptors (Lipinski definition) is 2. The lowest BCUT2D eigenvalue weighted by Gasteiger charge is -2.35. The molecule has 0 atom stereocenters. The van der Waals surface area contributed by atoms with Gasteiger partial charge in [0.15, 0.2) is 5.78 Å². The predicted molar refractivity (Wildman–Crippen MR) is 56.9 cm³/mol. The SMILES string of the molecule is CCCC(=O)C(C)(C)N(CC)CC. The van der Waals surface area contributed by atoms with Crippen LogP contribution in [0.3, 0.4) is 0 Å². The van der Waals surface area contributed by atoms with E-state index in [-0.39, 0.29) is 5.54 Å². The number of nitrogens with zero attached hydrogens (tertiary/aromatic N) is 1. The van der Waals surface area contributed by atoms with Gasteiger partial charge >= 0.3 is 0 Å². The summed E-state index contributed by atoms with van der Waals surface area (Å²) in [5, 5.41) is 0. The molecule has 0 aliphatic heterocycles. The molecule has 0 saturated heterocycles. The van der Waals surface area contributed by atoms with Crippen molar-refractivity contribution < 1.29 is 4.79 Å². The third kappa shape index (κ3) is 3.11. The van der Waals surface area contributed by atoms with Crippen LogP contribution < -0.4 is 0 Å². The van der Waals surface area contributed by atoms with Gasteiger partial charge < -0.3 is 0 Å². The van der Waals surface area contributed by atoms with Crippen LogP contribution in [0.5, 0.6) is 0 Å². The van der Waals surface area contributed by atoms with Gasteiger partial charge in [-0.1, -0.05) is 20.8 Å². The van der Waals surface area contributed by atoms with Crippen LogP contribution in [0.1, 0.15) is 47.5 Å². The van der Waals surface area contributed by atoms with Crippen molar-refractivity contribution in [3.8, 4) is 0 Å². The molecule has 13 heavy (non-hydrogen) atoms. The van der Waals surface area contributed by atoms with E-state index in [4.69, 9.17) is 0 Å². The van der Waals surface area contributed by atoms with Gasteiger partial charge in [0.2, 0.25) is 0 Å². The molecule has 0 aliphatic rings. The minimum absolute atomic E-state index is 0.278. The van der Waals surface area contributed by atoms with Crippen molar-refractivity contribution >= 4 is 5.78 Å². The second-order valence-electron chi connectivity index (χ2n) is 3.90. The second-order valence-corrected chi connectivity index (χ2v) is 3.90. The number of rotatable bonds is 6. The monoisotopic (exact) mass is 185 g/mol. The third-order valence-electron chi connectivity index (χ3n) is 2.71. The standard InChI is InChI=1S/C11H23NO/c1-6-9-10(13)11(4,5)12(7-2)8-3/h6-9H2,1-5H3. The first-order chi connectivity index (χ1) is 6.00. The van der Waals surface area contributed by atoms with Gasteiger partial charge in [-0.15, -0.1) is 0 Å². The van der Waals surface area contributed by atoms with Crippen LogP contribution in [0.25, 0.3) is 0 Å². The fourth-order valence-electron chi connectivity index (χ4n) is 1.72. The van der Waals surface area contributed by atoms with E-state index in [9.17, 15) is 4.79 Å². The number of hydrogen-bond donors (Lipinski definition) is 0. The minimum Gasteiger partial charge on any atom is -0.298 e. The maximum absolute atomic E-state index is 11.8. The summed E-state index contributed by atoms with van der Waals surface area (Å²) in [6.07, 6.45) is 1.65. The Morgan fingerprint density at radius 1 is 1.15 bits per heavy atom. The van der Waals surface area contributed by atoms with Gasteiger partial charge in [-0.05, 0) is 33.4 Å². The van der Waals surface area contributed by atoms with Crippen molar-refractivity contribution in [2.75, 3.05) is 13.1 Å². The lowest BCUT2D eigenvalue weighted by atomic mass is 9.93. The Bertz CT molecular complexity index is 159. The van der Waals surface area contributed by atoms with Crippen LogP contribution in [0.4, 0.5) is 0 Å². The molecule has 0 aromatic carbocycles. The Balaban J connectivity index is 4.42. The fraction of sp³-hybridized carbons (Fsp3) is 0.909. The largest absolute Gasteiger partial charge is 0.298 e. The highest BCUT2D eigenvalue weighted by Gasteiger charge is 2.31. The van der Waals surface area contributed by atoms with E-state index in [0.29, 0.717) is 12.2 Å². The van der Waals surface area contributed by atoms with Crippen LogP contribution in [-0.2, 0) is 4.79 Å². The summed E-state index contributed by atoms with van der Waals surface area (Å²) in [6, 6.07) is 0. The maximum Gasteiger partial charge on any atom is 0.152 e. The Hall–Kier alpha value is -0.370. The van der Waals surface area contributed by atoms with Gasteiger partial charge in [0.05, 0.1) is 5.54 Å². The average molecular weight is 185 g/mol.